The average molecular weight is 172 g/mol. The Morgan fingerprint density at radius 3 is 2.75 bits per heavy atom. The van der Waals surface area contributed by atoms with Gasteiger partial charge in [-0.05, 0) is 6.07 Å². The van der Waals surface area contributed by atoms with Crippen LogP contribution in [-0.2, 0) is 12.7 Å². The molecule has 1 aromatic rings. The molecule has 0 aromatic carbocycles. The lowest BCUT2D eigenvalue weighted by Crippen LogP contribution is -2.12. The number of hydrogen-bond donors (Lipinski definition) is 0. The Labute approximate surface area is 67.8 Å². The molecule has 0 N–H and O–H groups in total. The molecule has 1 aromatic heterocycles. The highest BCUT2D eigenvalue weighted by atomic mass is 19.4. The molecule has 0 aliphatic heterocycles. The van der Waals surface area contributed by atoms with Gasteiger partial charge >= 0.3 is 6.18 Å². The highest BCUT2D eigenvalue weighted by molar-refractivity contribution is 5.11. The molecular weight excluding hydrogens is 167 g/mol. The van der Waals surface area contributed by atoms with Gasteiger partial charge in [0.15, 0.2) is 0 Å². The number of hydrogen-bond acceptors (Lipinski definition) is 0. The molecule has 0 fully saturated rings. The first-order chi connectivity index (χ1) is 5.55. The summed E-state index contributed by atoms with van der Waals surface area (Å²) in [6.07, 6.45) is 1.71. The Kier molecular flexibility index (Phi) is 2.13. The molecule has 0 saturated carbocycles. The lowest BCUT2D eigenvalue weighted by atomic mass is 10.4. The number of rotatable bonds is 1. The van der Waals surface area contributed by atoms with Gasteiger partial charge in [0.05, 0.1) is 6.54 Å². The molecule has 63 valence electrons. The molecule has 4 heteroatoms. The summed E-state index contributed by atoms with van der Waals surface area (Å²) in [6, 6.07) is 3.21. The average Bonchev–Trinajstić information content (AvgIpc) is 2.34. The molecule has 0 bridgehead atoms. The minimum Gasteiger partial charge on any atom is -0.332 e. The van der Waals surface area contributed by atoms with E-state index in [1.165, 1.54) is 6.20 Å². The monoisotopic (exact) mass is 172 g/mol. The minimum atomic E-state index is -4.35. The van der Waals surface area contributed by atoms with E-state index >= 15 is 0 Å². The van der Waals surface area contributed by atoms with Crippen molar-refractivity contribution in [3.8, 4) is 12.3 Å². The normalized spacial score (nSPS) is 11.2. The highest BCUT2D eigenvalue weighted by Crippen LogP contribution is 2.29. The molecule has 1 heterocycles. The molecular formula is C8H5F3N. The molecule has 0 unspecified atom stereocenters. The molecule has 0 amide bonds. The quantitative estimate of drug-likeness (QED) is 0.570. The predicted octanol–water partition coefficient (Wildman–Crippen LogP) is 1.94. The molecule has 12 heavy (non-hydrogen) atoms. The van der Waals surface area contributed by atoms with Crippen molar-refractivity contribution >= 4 is 0 Å². The van der Waals surface area contributed by atoms with E-state index < -0.39 is 11.9 Å². The fourth-order valence-corrected chi connectivity index (χ4v) is 0.832. The van der Waals surface area contributed by atoms with Crippen LogP contribution < -0.4 is 0 Å². The van der Waals surface area contributed by atoms with Gasteiger partial charge in [-0.25, -0.2) is 0 Å². The highest BCUT2D eigenvalue weighted by Gasteiger charge is 2.33. The number of alkyl halides is 3. The van der Waals surface area contributed by atoms with Crippen LogP contribution >= 0.6 is 0 Å². The fourth-order valence-electron chi connectivity index (χ4n) is 0.832. The van der Waals surface area contributed by atoms with Crippen molar-refractivity contribution < 1.29 is 13.2 Å². The van der Waals surface area contributed by atoms with E-state index in [-0.39, 0.29) is 6.54 Å². The number of nitrogens with zero attached hydrogens (tertiary/aromatic N) is 1. The van der Waals surface area contributed by atoms with Crippen molar-refractivity contribution in [3.63, 3.8) is 0 Å². The maximum Gasteiger partial charge on any atom is 0.431 e. The lowest BCUT2D eigenvalue weighted by Gasteiger charge is -2.08. The standard InChI is InChI=1S/C8H5F3N/c1-2-5-12-6-3-4-7(12)8(9,10)11/h1,4,6H,5H2. The third kappa shape index (κ3) is 1.62. The first-order valence-corrected chi connectivity index (χ1v) is 3.12. The van der Waals surface area contributed by atoms with Crippen LogP contribution in [0.1, 0.15) is 5.69 Å². The second-order valence-electron chi connectivity index (χ2n) is 2.16. The van der Waals surface area contributed by atoms with Crippen LogP contribution in [0.25, 0.3) is 0 Å². The summed E-state index contributed by atoms with van der Waals surface area (Å²) in [6.45, 7) is -0.0850. The Morgan fingerprint density at radius 1 is 1.58 bits per heavy atom. The second-order valence-corrected chi connectivity index (χ2v) is 2.16. The summed E-state index contributed by atoms with van der Waals surface area (Å²) < 4.78 is 37.2. The van der Waals surface area contributed by atoms with Gasteiger partial charge in [0, 0.05) is 12.3 Å². The minimum absolute atomic E-state index is 0.0850. The van der Waals surface area contributed by atoms with Crippen LogP contribution in [-0.4, -0.2) is 4.57 Å². The van der Waals surface area contributed by atoms with Crippen molar-refractivity contribution in [1.82, 2.24) is 4.57 Å². The van der Waals surface area contributed by atoms with E-state index in [1.807, 2.05) is 0 Å². The SMILES string of the molecule is C#CCn1c[c]cc1C(F)(F)F. The summed E-state index contributed by atoms with van der Waals surface area (Å²) in [7, 11) is 0. The Bertz CT molecular complexity index is 303. The predicted molar refractivity (Wildman–Crippen MR) is 37.1 cm³/mol. The van der Waals surface area contributed by atoms with Crippen LogP contribution in [0.3, 0.4) is 0 Å². The van der Waals surface area contributed by atoms with Crippen LogP contribution in [0.5, 0.6) is 0 Å². The third-order valence-corrected chi connectivity index (χ3v) is 1.31. The topological polar surface area (TPSA) is 4.93 Å². The zero-order valence-corrected chi connectivity index (χ0v) is 6.02. The van der Waals surface area contributed by atoms with Crippen LogP contribution in [0.15, 0.2) is 12.3 Å². The zero-order valence-electron chi connectivity index (χ0n) is 6.02. The summed E-state index contributed by atoms with van der Waals surface area (Å²) in [4.78, 5) is 0. The maximum absolute atomic E-state index is 12.1. The maximum atomic E-state index is 12.1. The van der Waals surface area contributed by atoms with Gasteiger partial charge in [0.25, 0.3) is 0 Å². The smallest absolute Gasteiger partial charge is 0.332 e. The van der Waals surface area contributed by atoms with Gasteiger partial charge in [0.1, 0.15) is 5.69 Å². The van der Waals surface area contributed by atoms with Crippen molar-refractivity contribution in [2.24, 2.45) is 0 Å². The third-order valence-electron chi connectivity index (χ3n) is 1.31. The van der Waals surface area contributed by atoms with Crippen molar-refractivity contribution in [2.45, 2.75) is 12.7 Å². The van der Waals surface area contributed by atoms with E-state index in [9.17, 15) is 13.2 Å². The van der Waals surface area contributed by atoms with Crippen molar-refractivity contribution in [2.75, 3.05) is 0 Å². The first kappa shape index (κ1) is 8.72. The van der Waals surface area contributed by atoms with Gasteiger partial charge in [-0.1, -0.05) is 5.92 Å². The van der Waals surface area contributed by atoms with Crippen LogP contribution in [0.2, 0.25) is 0 Å². The summed E-state index contributed by atoms with van der Waals surface area (Å²) in [5.74, 6) is 2.13. The van der Waals surface area contributed by atoms with Crippen LogP contribution in [0.4, 0.5) is 13.2 Å². The molecule has 0 spiro atoms. The number of terminal acetylenes is 1. The Morgan fingerprint density at radius 2 is 2.25 bits per heavy atom. The van der Waals surface area contributed by atoms with E-state index in [0.717, 1.165) is 10.6 Å². The van der Waals surface area contributed by atoms with E-state index in [4.69, 9.17) is 6.42 Å². The van der Waals surface area contributed by atoms with E-state index in [0.29, 0.717) is 0 Å². The molecule has 0 saturated heterocycles. The Balaban J connectivity index is 3.01. The number of aromatic nitrogens is 1. The lowest BCUT2D eigenvalue weighted by molar-refractivity contribution is -0.143. The molecule has 1 radical (unpaired) electrons. The fraction of sp³-hybridized carbons (Fsp3) is 0.250. The van der Waals surface area contributed by atoms with Crippen molar-refractivity contribution in [3.05, 3.63) is 24.0 Å². The zero-order chi connectivity index (χ0) is 9.19. The summed E-state index contributed by atoms with van der Waals surface area (Å²) in [5.41, 5.74) is -0.763. The largest absolute Gasteiger partial charge is 0.431 e. The first-order valence-electron chi connectivity index (χ1n) is 3.12. The van der Waals surface area contributed by atoms with Crippen molar-refractivity contribution in [1.29, 1.82) is 0 Å². The molecule has 0 aliphatic carbocycles. The molecule has 0 aliphatic rings. The molecule has 1 nitrogen and oxygen atoms in total. The second kappa shape index (κ2) is 2.94. The molecule has 0 atom stereocenters. The van der Waals surface area contributed by atoms with Crippen LogP contribution in [0, 0.1) is 18.4 Å². The number of halogens is 3. The van der Waals surface area contributed by atoms with Gasteiger partial charge in [-0.3, -0.25) is 0 Å². The van der Waals surface area contributed by atoms with Gasteiger partial charge < -0.3 is 4.57 Å². The van der Waals surface area contributed by atoms with E-state index in [2.05, 4.69) is 12.0 Å². The van der Waals surface area contributed by atoms with Gasteiger partial charge in [-0.15, -0.1) is 6.42 Å². The van der Waals surface area contributed by atoms with Gasteiger partial charge in [-0.2, -0.15) is 13.2 Å². The van der Waals surface area contributed by atoms with Gasteiger partial charge in [0.2, 0.25) is 0 Å². The van der Waals surface area contributed by atoms with E-state index in [1.54, 1.807) is 0 Å². The summed E-state index contributed by atoms with van der Waals surface area (Å²) >= 11 is 0. The molecule has 1 rings (SSSR count). The Hall–Kier alpha value is -1.37. The summed E-state index contributed by atoms with van der Waals surface area (Å²) in [5, 5.41) is 0.